The Kier molecular flexibility index (Phi) is 6.51. The third-order valence-electron chi connectivity index (χ3n) is 4.19. The van der Waals surface area contributed by atoms with Gasteiger partial charge in [0.1, 0.15) is 0 Å². The lowest BCUT2D eigenvalue weighted by Gasteiger charge is -2.36. The van der Waals surface area contributed by atoms with Gasteiger partial charge in [-0.25, -0.2) is 22.0 Å². The monoisotopic (exact) mass is 418 g/mol. The number of sulfonamides is 1. The number of hydrogen-bond acceptors (Lipinski definition) is 7. The van der Waals surface area contributed by atoms with E-state index < -0.39 is 19.9 Å². The quantitative estimate of drug-likeness (QED) is 0.630. The number of sulfone groups is 1. The Labute approximate surface area is 160 Å². The van der Waals surface area contributed by atoms with Crippen LogP contribution in [0.15, 0.2) is 28.0 Å². The molecule has 0 radical (unpaired) electrons. The van der Waals surface area contributed by atoms with Crippen LogP contribution in [-0.2, 0) is 24.7 Å². The zero-order chi connectivity index (χ0) is 20.4. The van der Waals surface area contributed by atoms with E-state index in [2.05, 4.69) is 5.32 Å². The van der Waals surface area contributed by atoms with Crippen LogP contribution in [0.1, 0.15) is 13.8 Å². The van der Waals surface area contributed by atoms with E-state index in [9.17, 15) is 21.6 Å². The molecule has 2 rings (SSSR count). The Morgan fingerprint density at radius 2 is 1.74 bits per heavy atom. The molecule has 1 saturated heterocycles. The fraction of sp³-hybridized carbons (Fsp3) is 0.562. The molecule has 0 bridgehead atoms. The molecule has 1 amide bonds. The molecule has 1 heterocycles. The summed E-state index contributed by atoms with van der Waals surface area (Å²) in [5, 5.41) is 7.96. The first-order valence-electron chi connectivity index (χ1n) is 8.51. The minimum absolute atomic E-state index is 0.0484. The maximum absolute atomic E-state index is 12.2. The molecule has 11 heteroatoms. The molecule has 1 aliphatic rings. The van der Waals surface area contributed by atoms with E-state index in [1.807, 2.05) is 23.6 Å². The number of piperazine rings is 1. The van der Waals surface area contributed by atoms with Crippen LogP contribution < -0.4 is 15.4 Å². The number of carbonyl (C=O) groups is 1. The van der Waals surface area contributed by atoms with E-state index in [0.717, 1.165) is 12.3 Å². The lowest BCUT2D eigenvalue weighted by Crippen LogP contribution is -2.50. The number of anilines is 1. The summed E-state index contributed by atoms with van der Waals surface area (Å²) in [6.45, 7) is 6.30. The average molecular weight is 419 g/mol. The SMILES string of the molecule is CC(C)NC(=O)CN1CCN(c2ccc(S(N)(=O)=O)cc2S(C)(=O)=O)CC1. The van der Waals surface area contributed by atoms with Crippen LogP contribution in [0.5, 0.6) is 0 Å². The van der Waals surface area contributed by atoms with E-state index in [1.54, 1.807) is 0 Å². The average Bonchev–Trinajstić information content (AvgIpc) is 2.52. The molecule has 1 aromatic rings. The molecule has 1 aliphatic heterocycles. The number of nitrogens with zero attached hydrogens (tertiary/aromatic N) is 2. The van der Waals surface area contributed by atoms with Crippen LogP contribution >= 0.6 is 0 Å². The number of nitrogens with two attached hydrogens (primary N) is 1. The van der Waals surface area contributed by atoms with Crippen molar-refractivity contribution in [3.63, 3.8) is 0 Å². The maximum atomic E-state index is 12.2. The van der Waals surface area contributed by atoms with Crippen molar-refractivity contribution < 1.29 is 21.6 Å². The number of amides is 1. The lowest BCUT2D eigenvalue weighted by molar-refractivity contribution is -0.122. The summed E-state index contributed by atoms with van der Waals surface area (Å²) < 4.78 is 47.4. The van der Waals surface area contributed by atoms with Crippen molar-refractivity contribution in [2.24, 2.45) is 5.14 Å². The second-order valence-corrected chi connectivity index (χ2v) is 10.5. The largest absolute Gasteiger partial charge is 0.368 e. The first-order chi connectivity index (χ1) is 12.4. The first-order valence-corrected chi connectivity index (χ1v) is 12.0. The smallest absolute Gasteiger partial charge is 0.238 e. The van der Waals surface area contributed by atoms with E-state index in [-0.39, 0.29) is 28.3 Å². The van der Waals surface area contributed by atoms with Crippen LogP contribution in [0, 0.1) is 0 Å². The van der Waals surface area contributed by atoms with Crippen molar-refractivity contribution in [2.75, 3.05) is 43.9 Å². The Hall–Kier alpha value is -1.69. The normalized spacial score (nSPS) is 16.6. The van der Waals surface area contributed by atoms with Gasteiger partial charge in [0, 0.05) is 38.5 Å². The summed E-state index contributed by atoms with van der Waals surface area (Å²) in [6, 6.07) is 3.95. The number of carbonyl (C=O) groups excluding carboxylic acids is 1. The van der Waals surface area contributed by atoms with Crippen molar-refractivity contribution in [3.05, 3.63) is 18.2 Å². The van der Waals surface area contributed by atoms with Gasteiger partial charge in [-0.05, 0) is 32.0 Å². The molecule has 0 aromatic heterocycles. The van der Waals surface area contributed by atoms with E-state index in [0.29, 0.717) is 31.9 Å². The molecule has 0 unspecified atom stereocenters. The van der Waals surface area contributed by atoms with Gasteiger partial charge < -0.3 is 10.2 Å². The molecule has 27 heavy (non-hydrogen) atoms. The Morgan fingerprint density at radius 3 is 2.22 bits per heavy atom. The van der Waals surface area contributed by atoms with Gasteiger partial charge in [0.15, 0.2) is 9.84 Å². The van der Waals surface area contributed by atoms with Gasteiger partial charge in [-0.15, -0.1) is 0 Å². The summed E-state index contributed by atoms with van der Waals surface area (Å²) in [5.41, 5.74) is 0.441. The van der Waals surface area contributed by atoms with Gasteiger partial charge >= 0.3 is 0 Å². The number of benzene rings is 1. The molecule has 0 atom stereocenters. The lowest BCUT2D eigenvalue weighted by atomic mass is 10.2. The van der Waals surface area contributed by atoms with Crippen LogP contribution in [-0.4, -0.2) is 72.7 Å². The van der Waals surface area contributed by atoms with Crippen molar-refractivity contribution >= 4 is 31.5 Å². The maximum Gasteiger partial charge on any atom is 0.238 e. The number of primary sulfonamides is 1. The summed E-state index contributed by atoms with van der Waals surface area (Å²) in [4.78, 5) is 15.4. The summed E-state index contributed by atoms with van der Waals surface area (Å²) in [7, 11) is -7.65. The third-order valence-corrected chi connectivity index (χ3v) is 6.23. The highest BCUT2D eigenvalue weighted by atomic mass is 32.2. The molecule has 0 saturated carbocycles. The number of nitrogens with one attached hydrogen (secondary N) is 1. The van der Waals surface area contributed by atoms with E-state index in [4.69, 9.17) is 5.14 Å². The zero-order valence-corrected chi connectivity index (χ0v) is 17.3. The highest BCUT2D eigenvalue weighted by Gasteiger charge is 2.25. The molecule has 0 spiro atoms. The predicted molar refractivity (Wildman–Crippen MR) is 103 cm³/mol. The second kappa shape index (κ2) is 8.13. The molecule has 1 aromatic carbocycles. The molecule has 3 N–H and O–H groups in total. The van der Waals surface area contributed by atoms with Crippen LogP contribution in [0.2, 0.25) is 0 Å². The first kappa shape index (κ1) is 21.6. The van der Waals surface area contributed by atoms with Crippen molar-refractivity contribution in [2.45, 2.75) is 29.7 Å². The van der Waals surface area contributed by atoms with Crippen LogP contribution in [0.4, 0.5) is 5.69 Å². The Morgan fingerprint density at radius 1 is 1.15 bits per heavy atom. The summed E-state index contributed by atoms with van der Waals surface area (Å²) in [6.07, 6.45) is 1.03. The van der Waals surface area contributed by atoms with Gasteiger partial charge in [0.05, 0.1) is 22.0 Å². The summed E-state index contributed by atoms with van der Waals surface area (Å²) in [5.74, 6) is -0.0484. The molecule has 9 nitrogen and oxygen atoms in total. The van der Waals surface area contributed by atoms with Gasteiger partial charge in [0.25, 0.3) is 0 Å². The van der Waals surface area contributed by atoms with Crippen LogP contribution in [0.3, 0.4) is 0 Å². The highest BCUT2D eigenvalue weighted by Crippen LogP contribution is 2.28. The fourth-order valence-corrected chi connectivity index (χ4v) is 4.48. The molecule has 152 valence electrons. The van der Waals surface area contributed by atoms with E-state index >= 15 is 0 Å². The molecule has 1 fully saturated rings. The van der Waals surface area contributed by atoms with Gasteiger partial charge in [-0.3, -0.25) is 9.69 Å². The van der Waals surface area contributed by atoms with Crippen molar-refractivity contribution in [1.29, 1.82) is 0 Å². The Balaban J connectivity index is 2.17. The van der Waals surface area contributed by atoms with Crippen molar-refractivity contribution in [3.8, 4) is 0 Å². The number of rotatable bonds is 6. The van der Waals surface area contributed by atoms with Crippen LogP contribution in [0.25, 0.3) is 0 Å². The zero-order valence-electron chi connectivity index (χ0n) is 15.7. The fourth-order valence-electron chi connectivity index (χ4n) is 2.95. The topological polar surface area (TPSA) is 130 Å². The van der Waals surface area contributed by atoms with Gasteiger partial charge in [-0.2, -0.15) is 0 Å². The standard InChI is InChI=1S/C16H26N4O5S2/c1-12(2)18-16(21)11-19-6-8-20(9-7-19)14-5-4-13(27(17,24)25)10-15(14)26(3,22)23/h4-5,10,12H,6-9,11H2,1-3H3,(H,18,21)(H2,17,24,25). The second-order valence-electron chi connectivity index (χ2n) is 6.93. The van der Waals surface area contributed by atoms with Gasteiger partial charge in [0.2, 0.25) is 15.9 Å². The Bertz CT molecular complexity index is 905. The minimum Gasteiger partial charge on any atom is -0.368 e. The number of hydrogen-bond donors (Lipinski definition) is 2. The van der Waals surface area contributed by atoms with Gasteiger partial charge in [-0.1, -0.05) is 0 Å². The molecular weight excluding hydrogens is 392 g/mol. The minimum atomic E-state index is -4.00. The van der Waals surface area contributed by atoms with Crippen molar-refractivity contribution in [1.82, 2.24) is 10.2 Å². The molecular formula is C16H26N4O5S2. The third kappa shape index (κ3) is 5.89. The molecule has 0 aliphatic carbocycles. The highest BCUT2D eigenvalue weighted by molar-refractivity contribution is 7.91. The predicted octanol–water partition coefficient (Wildman–Crippen LogP) is -0.616. The summed E-state index contributed by atoms with van der Waals surface area (Å²) >= 11 is 0. The van der Waals surface area contributed by atoms with E-state index in [1.165, 1.54) is 12.1 Å².